The summed E-state index contributed by atoms with van der Waals surface area (Å²) in [5.41, 5.74) is 2.54. The van der Waals surface area contributed by atoms with Gasteiger partial charge in [0.1, 0.15) is 0 Å². The number of hydrogen-bond donors (Lipinski definition) is 0. The highest BCUT2D eigenvalue weighted by atomic mass is 28.4. The minimum atomic E-state index is -1.58. The van der Waals surface area contributed by atoms with Crippen molar-refractivity contribution < 1.29 is 9.16 Å². The molecule has 0 radical (unpaired) electrons. The van der Waals surface area contributed by atoms with Crippen molar-refractivity contribution in [3.8, 4) is 0 Å². The Labute approximate surface area is 148 Å². The van der Waals surface area contributed by atoms with Crippen molar-refractivity contribution >= 4 is 8.32 Å². The molecule has 24 heavy (non-hydrogen) atoms. The Morgan fingerprint density at radius 2 is 1.21 bits per heavy atom. The number of hydrogen-bond acceptors (Lipinski definition) is 2. The van der Waals surface area contributed by atoms with Crippen molar-refractivity contribution in [2.24, 2.45) is 0 Å². The van der Waals surface area contributed by atoms with Crippen molar-refractivity contribution in [2.75, 3.05) is 7.11 Å². The first-order chi connectivity index (χ1) is 11.5. The highest BCUT2D eigenvalue weighted by Crippen LogP contribution is 2.30. The minimum Gasteiger partial charge on any atom is -0.411 e. The van der Waals surface area contributed by atoms with E-state index in [0.717, 1.165) is 19.3 Å². The average molecular weight is 343 g/mol. The second-order valence-corrected chi connectivity index (χ2v) is 11.7. The maximum atomic E-state index is 6.44. The second-order valence-electron chi connectivity index (χ2n) is 7.20. The van der Waals surface area contributed by atoms with E-state index in [1.807, 2.05) is 6.07 Å². The molecule has 2 unspecified atom stereocenters. The standard InChI is InChI=1S/C21H30O2Si/c1-22-20(18-12-7-5-8-13-18)16-11-17-21(23-24(2,3)4)19-14-9-6-10-15-19/h5-10,12-15,20-21H,11,16-17H2,1-4H3. The second kappa shape index (κ2) is 9.16. The third kappa shape index (κ3) is 6.23. The topological polar surface area (TPSA) is 18.5 Å². The number of ether oxygens (including phenoxy) is 1. The molecule has 0 aliphatic rings. The Kier molecular flexibility index (Phi) is 7.22. The van der Waals surface area contributed by atoms with Crippen LogP contribution in [0.15, 0.2) is 60.7 Å². The lowest BCUT2D eigenvalue weighted by Gasteiger charge is -2.27. The van der Waals surface area contributed by atoms with Gasteiger partial charge in [0.2, 0.25) is 0 Å². The molecule has 2 atom stereocenters. The molecule has 2 aromatic rings. The van der Waals surface area contributed by atoms with Gasteiger partial charge in [0.25, 0.3) is 0 Å². The molecule has 0 heterocycles. The third-order valence-corrected chi connectivity index (χ3v) is 5.05. The van der Waals surface area contributed by atoms with E-state index in [1.165, 1.54) is 11.1 Å². The molecule has 3 heteroatoms. The highest BCUT2D eigenvalue weighted by molar-refractivity contribution is 6.69. The first kappa shape index (κ1) is 18.9. The van der Waals surface area contributed by atoms with Gasteiger partial charge in [-0.1, -0.05) is 60.7 Å². The first-order valence-electron chi connectivity index (χ1n) is 8.80. The lowest BCUT2D eigenvalue weighted by atomic mass is 9.99. The molecule has 2 aromatic carbocycles. The number of methoxy groups -OCH3 is 1. The molecule has 0 saturated heterocycles. The summed E-state index contributed by atoms with van der Waals surface area (Å²) in [5, 5.41) is 0. The summed E-state index contributed by atoms with van der Waals surface area (Å²) in [7, 11) is 0.213. The van der Waals surface area contributed by atoms with Gasteiger partial charge in [-0.05, 0) is 50.0 Å². The molecule has 0 saturated carbocycles. The highest BCUT2D eigenvalue weighted by Gasteiger charge is 2.22. The third-order valence-electron chi connectivity index (χ3n) is 4.06. The number of rotatable bonds is 9. The molecule has 0 bridgehead atoms. The molecular formula is C21H30O2Si. The predicted octanol–water partition coefficient (Wildman–Crippen LogP) is 6.14. The smallest absolute Gasteiger partial charge is 0.184 e. The van der Waals surface area contributed by atoms with E-state index in [1.54, 1.807) is 7.11 Å². The van der Waals surface area contributed by atoms with Crippen LogP contribution in [-0.4, -0.2) is 15.4 Å². The molecular weight excluding hydrogens is 312 g/mol. The Morgan fingerprint density at radius 1 is 0.750 bits per heavy atom. The Hall–Kier alpha value is -1.42. The predicted molar refractivity (Wildman–Crippen MR) is 104 cm³/mol. The van der Waals surface area contributed by atoms with Crippen LogP contribution in [0, 0.1) is 0 Å². The summed E-state index contributed by atoms with van der Waals surface area (Å²) in [4.78, 5) is 0. The van der Waals surface area contributed by atoms with E-state index in [9.17, 15) is 0 Å². The van der Waals surface area contributed by atoms with Crippen LogP contribution in [0.25, 0.3) is 0 Å². The van der Waals surface area contributed by atoms with Gasteiger partial charge in [0.15, 0.2) is 8.32 Å². The molecule has 0 spiro atoms. The molecule has 0 fully saturated rings. The van der Waals surface area contributed by atoms with Crippen LogP contribution in [0.4, 0.5) is 0 Å². The van der Waals surface area contributed by atoms with Crippen LogP contribution in [0.3, 0.4) is 0 Å². The summed E-state index contributed by atoms with van der Waals surface area (Å²) < 4.78 is 12.1. The number of benzene rings is 2. The Bertz CT molecular complexity index is 578. The molecule has 0 aromatic heterocycles. The maximum absolute atomic E-state index is 6.44. The lowest BCUT2D eigenvalue weighted by molar-refractivity contribution is 0.0877. The summed E-state index contributed by atoms with van der Waals surface area (Å²) in [6, 6.07) is 21.1. The monoisotopic (exact) mass is 342 g/mol. The molecule has 0 amide bonds. The van der Waals surface area contributed by atoms with E-state index in [4.69, 9.17) is 9.16 Å². The Balaban J connectivity index is 1.97. The van der Waals surface area contributed by atoms with Crippen molar-refractivity contribution in [2.45, 2.75) is 51.1 Å². The van der Waals surface area contributed by atoms with E-state index in [2.05, 4.69) is 74.2 Å². The zero-order valence-electron chi connectivity index (χ0n) is 15.4. The molecule has 2 nitrogen and oxygen atoms in total. The Morgan fingerprint density at radius 3 is 1.67 bits per heavy atom. The maximum Gasteiger partial charge on any atom is 0.184 e. The quantitative estimate of drug-likeness (QED) is 0.510. The largest absolute Gasteiger partial charge is 0.411 e. The van der Waals surface area contributed by atoms with Gasteiger partial charge in [-0.2, -0.15) is 0 Å². The minimum absolute atomic E-state index is 0.162. The van der Waals surface area contributed by atoms with E-state index >= 15 is 0 Å². The zero-order valence-corrected chi connectivity index (χ0v) is 16.4. The van der Waals surface area contributed by atoms with Gasteiger partial charge in [-0.15, -0.1) is 0 Å². The summed E-state index contributed by atoms with van der Waals surface area (Å²) in [6.07, 6.45) is 3.47. The fourth-order valence-corrected chi connectivity index (χ4v) is 4.07. The van der Waals surface area contributed by atoms with Gasteiger partial charge in [-0.25, -0.2) is 0 Å². The fourth-order valence-electron chi connectivity index (χ4n) is 2.97. The molecule has 0 aliphatic heterocycles. The SMILES string of the molecule is COC(CCCC(O[Si](C)(C)C)c1ccccc1)c1ccccc1. The van der Waals surface area contributed by atoms with Crippen LogP contribution in [0.5, 0.6) is 0 Å². The van der Waals surface area contributed by atoms with Crippen molar-refractivity contribution in [1.82, 2.24) is 0 Å². The first-order valence-corrected chi connectivity index (χ1v) is 12.2. The van der Waals surface area contributed by atoms with Crippen LogP contribution >= 0.6 is 0 Å². The van der Waals surface area contributed by atoms with Crippen molar-refractivity contribution in [1.29, 1.82) is 0 Å². The normalized spacial score (nSPS) is 14.3. The molecule has 0 N–H and O–H groups in total. The molecule has 2 rings (SSSR count). The zero-order chi connectivity index (χ0) is 17.4. The van der Waals surface area contributed by atoms with Gasteiger partial charge >= 0.3 is 0 Å². The van der Waals surface area contributed by atoms with Crippen LogP contribution < -0.4 is 0 Å². The van der Waals surface area contributed by atoms with E-state index in [0.29, 0.717) is 0 Å². The summed E-state index contributed by atoms with van der Waals surface area (Å²) in [5.74, 6) is 0. The summed E-state index contributed by atoms with van der Waals surface area (Å²) >= 11 is 0. The van der Waals surface area contributed by atoms with Crippen LogP contribution in [-0.2, 0) is 9.16 Å². The van der Waals surface area contributed by atoms with E-state index in [-0.39, 0.29) is 12.2 Å². The fraction of sp³-hybridized carbons (Fsp3) is 0.429. The lowest BCUT2D eigenvalue weighted by Crippen LogP contribution is -2.28. The van der Waals surface area contributed by atoms with Gasteiger partial charge in [-0.3, -0.25) is 0 Å². The van der Waals surface area contributed by atoms with Gasteiger partial charge in [0.05, 0.1) is 12.2 Å². The van der Waals surface area contributed by atoms with Crippen molar-refractivity contribution in [3.05, 3.63) is 71.8 Å². The molecule has 130 valence electrons. The van der Waals surface area contributed by atoms with Gasteiger partial charge < -0.3 is 9.16 Å². The summed E-state index contributed by atoms with van der Waals surface area (Å²) in [6.45, 7) is 6.76. The van der Waals surface area contributed by atoms with Gasteiger partial charge in [0, 0.05) is 7.11 Å². The van der Waals surface area contributed by atoms with Crippen LogP contribution in [0.2, 0.25) is 19.6 Å². The van der Waals surface area contributed by atoms with E-state index < -0.39 is 8.32 Å². The van der Waals surface area contributed by atoms with Crippen LogP contribution in [0.1, 0.15) is 42.6 Å². The van der Waals surface area contributed by atoms with Crippen molar-refractivity contribution in [3.63, 3.8) is 0 Å². The average Bonchev–Trinajstić information content (AvgIpc) is 2.58. The molecule has 0 aliphatic carbocycles.